The van der Waals surface area contributed by atoms with Gasteiger partial charge in [-0.15, -0.1) is 0 Å². The summed E-state index contributed by atoms with van der Waals surface area (Å²) in [6, 6.07) is 6.08. The van der Waals surface area contributed by atoms with Crippen molar-refractivity contribution in [3.05, 3.63) is 39.5 Å². The summed E-state index contributed by atoms with van der Waals surface area (Å²) in [7, 11) is 0. The molecule has 0 aliphatic carbocycles. The molecule has 0 aliphatic rings. The number of imidazole rings is 1. The van der Waals surface area contributed by atoms with Gasteiger partial charge in [0.25, 0.3) is 0 Å². The molecule has 0 bridgehead atoms. The number of halogens is 2. The highest BCUT2D eigenvalue weighted by molar-refractivity contribution is 9.11. The fourth-order valence-electron chi connectivity index (χ4n) is 1.82. The maximum atomic E-state index is 5.32. The Hall–Kier alpha value is -0.850. The normalized spacial score (nSPS) is 10.8. The molecular formula is C14H17Br2N3O. The molecule has 1 aromatic heterocycles. The van der Waals surface area contributed by atoms with Gasteiger partial charge in [-0.25, -0.2) is 4.98 Å². The minimum absolute atomic E-state index is 0.764. The van der Waals surface area contributed by atoms with Crippen molar-refractivity contribution in [2.24, 2.45) is 0 Å². The van der Waals surface area contributed by atoms with Crippen molar-refractivity contribution in [2.75, 3.05) is 25.1 Å². The lowest BCUT2D eigenvalue weighted by Crippen LogP contribution is -2.10. The number of nitrogens with zero attached hydrogens (tertiary/aromatic N) is 2. The second kappa shape index (κ2) is 7.81. The van der Waals surface area contributed by atoms with Crippen LogP contribution in [0.15, 0.2) is 39.5 Å². The molecule has 0 saturated heterocycles. The van der Waals surface area contributed by atoms with Crippen LogP contribution in [-0.4, -0.2) is 29.3 Å². The number of hydrogen-bond donors (Lipinski definition) is 1. The average Bonchev–Trinajstić information content (AvgIpc) is 2.87. The summed E-state index contributed by atoms with van der Waals surface area (Å²) in [5.74, 6) is 0.838. The first kappa shape index (κ1) is 15.5. The highest BCUT2D eigenvalue weighted by Crippen LogP contribution is 2.27. The van der Waals surface area contributed by atoms with Gasteiger partial charge >= 0.3 is 0 Å². The van der Waals surface area contributed by atoms with E-state index >= 15 is 0 Å². The van der Waals surface area contributed by atoms with E-state index in [9.17, 15) is 0 Å². The van der Waals surface area contributed by atoms with Gasteiger partial charge in [0.1, 0.15) is 0 Å². The zero-order valence-electron chi connectivity index (χ0n) is 11.3. The van der Waals surface area contributed by atoms with Crippen LogP contribution in [0.5, 0.6) is 0 Å². The van der Waals surface area contributed by atoms with Gasteiger partial charge in [-0.3, -0.25) is 4.57 Å². The Morgan fingerprint density at radius 2 is 2.20 bits per heavy atom. The van der Waals surface area contributed by atoms with Gasteiger partial charge in [0.05, 0.1) is 5.69 Å². The second-order valence-corrected chi connectivity index (χ2v) is 5.96. The Kier molecular flexibility index (Phi) is 6.06. The Morgan fingerprint density at radius 3 is 2.95 bits per heavy atom. The highest BCUT2D eigenvalue weighted by atomic mass is 79.9. The van der Waals surface area contributed by atoms with Gasteiger partial charge in [0.15, 0.2) is 0 Å². The lowest BCUT2D eigenvalue weighted by Gasteiger charge is -2.11. The van der Waals surface area contributed by atoms with E-state index in [4.69, 9.17) is 4.74 Å². The summed E-state index contributed by atoms with van der Waals surface area (Å²) >= 11 is 7.04. The van der Waals surface area contributed by atoms with Gasteiger partial charge in [-0.05, 0) is 47.5 Å². The Morgan fingerprint density at radius 1 is 1.35 bits per heavy atom. The lowest BCUT2D eigenvalue weighted by atomic mass is 10.3. The fraction of sp³-hybridized carbons (Fsp3) is 0.357. The molecule has 1 heterocycles. The van der Waals surface area contributed by atoms with Crippen LogP contribution >= 0.6 is 31.9 Å². The molecule has 0 spiro atoms. The van der Waals surface area contributed by atoms with E-state index in [1.165, 1.54) is 0 Å². The van der Waals surface area contributed by atoms with Crippen LogP contribution in [0.1, 0.15) is 13.3 Å². The standard InChI is InChI=1S/C14H17Br2N3O/c1-2-20-9-3-6-17-14-18-7-8-19(14)13-5-4-11(15)10-12(13)16/h4-5,7-8,10H,2-3,6,9H2,1H3,(H,17,18). The van der Waals surface area contributed by atoms with Gasteiger partial charge in [-0.2, -0.15) is 0 Å². The van der Waals surface area contributed by atoms with Crippen molar-refractivity contribution in [3.8, 4) is 5.69 Å². The minimum Gasteiger partial charge on any atom is -0.382 e. The smallest absolute Gasteiger partial charge is 0.207 e. The van der Waals surface area contributed by atoms with E-state index in [0.29, 0.717) is 0 Å². The molecular weight excluding hydrogens is 386 g/mol. The summed E-state index contributed by atoms with van der Waals surface area (Å²) in [6.45, 7) is 4.38. The van der Waals surface area contributed by atoms with Gasteiger partial charge in [-0.1, -0.05) is 15.9 Å². The minimum atomic E-state index is 0.764. The molecule has 108 valence electrons. The Balaban J connectivity index is 2.04. The zero-order valence-corrected chi connectivity index (χ0v) is 14.4. The topological polar surface area (TPSA) is 39.1 Å². The van der Waals surface area contributed by atoms with Crippen molar-refractivity contribution >= 4 is 37.8 Å². The van der Waals surface area contributed by atoms with Crippen molar-refractivity contribution in [1.82, 2.24) is 9.55 Å². The molecule has 1 N–H and O–H groups in total. The van der Waals surface area contributed by atoms with Crippen LogP contribution in [0.4, 0.5) is 5.95 Å². The first-order valence-corrected chi connectivity index (χ1v) is 8.11. The number of hydrogen-bond acceptors (Lipinski definition) is 3. The molecule has 20 heavy (non-hydrogen) atoms. The van der Waals surface area contributed by atoms with E-state index in [1.807, 2.05) is 35.9 Å². The van der Waals surface area contributed by atoms with Crippen LogP contribution in [0, 0.1) is 0 Å². The summed E-state index contributed by atoms with van der Waals surface area (Å²) in [5.41, 5.74) is 1.05. The quantitative estimate of drug-likeness (QED) is 0.704. The largest absolute Gasteiger partial charge is 0.382 e. The van der Waals surface area contributed by atoms with Gasteiger partial charge < -0.3 is 10.1 Å². The maximum absolute atomic E-state index is 5.32. The molecule has 0 amide bonds. The first-order valence-electron chi connectivity index (χ1n) is 6.52. The van der Waals surface area contributed by atoms with Crippen LogP contribution in [0.3, 0.4) is 0 Å². The van der Waals surface area contributed by atoms with E-state index in [2.05, 4.69) is 42.2 Å². The van der Waals surface area contributed by atoms with Crippen LogP contribution in [-0.2, 0) is 4.74 Å². The van der Waals surface area contributed by atoms with E-state index in [1.54, 1.807) is 6.20 Å². The first-order chi connectivity index (χ1) is 9.72. The third-order valence-corrected chi connectivity index (χ3v) is 3.89. The molecule has 2 rings (SSSR count). The molecule has 0 saturated carbocycles. The predicted molar refractivity (Wildman–Crippen MR) is 88.6 cm³/mol. The number of anilines is 1. The SMILES string of the molecule is CCOCCCNc1nccn1-c1ccc(Br)cc1Br. The molecule has 4 nitrogen and oxygen atoms in total. The molecule has 0 radical (unpaired) electrons. The Labute approximate surface area is 135 Å². The van der Waals surface area contributed by atoms with E-state index in [-0.39, 0.29) is 0 Å². The van der Waals surface area contributed by atoms with Gasteiger partial charge in [0.2, 0.25) is 5.95 Å². The third kappa shape index (κ3) is 4.07. The molecule has 0 atom stereocenters. The number of benzene rings is 1. The zero-order chi connectivity index (χ0) is 14.4. The molecule has 0 aliphatic heterocycles. The number of aromatic nitrogens is 2. The Bertz CT molecular complexity index is 557. The molecule has 2 aromatic rings. The van der Waals surface area contributed by atoms with Crippen molar-refractivity contribution in [1.29, 1.82) is 0 Å². The second-order valence-electron chi connectivity index (χ2n) is 4.19. The van der Waals surface area contributed by atoms with Crippen LogP contribution in [0.2, 0.25) is 0 Å². The molecule has 0 fully saturated rings. The van der Waals surface area contributed by atoms with Crippen molar-refractivity contribution in [2.45, 2.75) is 13.3 Å². The lowest BCUT2D eigenvalue weighted by molar-refractivity contribution is 0.147. The van der Waals surface area contributed by atoms with Crippen molar-refractivity contribution in [3.63, 3.8) is 0 Å². The number of rotatable bonds is 7. The average molecular weight is 403 g/mol. The summed E-state index contributed by atoms with van der Waals surface area (Å²) in [4.78, 5) is 4.35. The third-order valence-electron chi connectivity index (χ3n) is 2.76. The van der Waals surface area contributed by atoms with Crippen LogP contribution < -0.4 is 5.32 Å². The molecule has 1 aromatic carbocycles. The maximum Gasteiger partial charge on any atom is 0.207 e. The van der Waals surface area contributed by atoms with E-state index in [0.717, 1.165) is 46.8 Å². The molecule has 6 heteroatoms. The predicted octanol–water partition coefficient (Wildman–Crippen LogP) is 4.24. The number of nitrogens with one attached hydrogen (secondary N) is 1. The number of ether oxygens (including phenoxy) is 1. The fourth-order valence-corrected chi connectivity index (χ4v) is 3.06. The summed E-state index contributed by atoms with van der Waals surface area (Å²) in [5, 5.41) is 3.33. The highest BCUT2D eigenvalue weighted by Gasteiger charge is 2.08. The van der Waals surface area contributed by atoms with Gasteiger partial charge in [0, 0.05) is 41.1 Å². The monoisotopic (exact) mass is 401 g/mol. The molecule has 0 unspecified atom stereocenters. The summed E-state index contributed by atoms with van der Waals surface area (Å²) in [6.07, 6.45) is 4.69. The van der Waals surface area contributed by atoms with E-state index < -0.39 is 0 Å². The summed E-state index contributed by atoms with van der Waals surface area (Å²) < 4.78 is 9.40. The van der Waals surface area contributed by atoms with Crippen molar-refractivity contribution < 1.29 is 4.74 Å². The van der Waals surface area contributed by atoms with Crippen LogP contribution in [0.25, 0.3) is 5.69 Å².